The highest BCUT2D eigenvalue weighted by Crippen LogP contribution is 2.41. The molecule has 3 nitrogen and oxygen atoms in total. The SMILES string of the molecule is CCCCCCC[C@H]1CC[C@@](C#N)(c2ncc(CCCCC)cn2)CC1. The molecule has 2 rings (SSSR count). The highest BCUT2D eigenvalue weighted by Gasteiger charge is 2.39. The molecule has 3 heteroatoms. The van der Waals surface area contributed by atoms with Gasteiger partial charge in [0.05, 0.1) is 6.07 Å². The lowest BCUT2D eigenvalue weighted by Gasteiger charge is -2.33. The Balaban J connectivity index is 1.83. The third kappa shape index (κ3) is 6.08. The molecule has 1 aliphatic rings. The average Bonchev–Trinajstić information content (AvgIpc) is 2.69. The molecule has 0 unspecified atom stereocenters. The molecule has 0 amide bonds. The Morgan fingerprint density at radius 1 is 0.962 bits per heavy atom. The maximum absolute atomic E-state index is 9.87. The van der Waals surface area contributed by atoms with Crippen molar-refractivity contribution in [3.63, 3.8) is 0 Å². The van der Waals surface area contributed by atoms with E-state index in [0.29, 0.717) is 0 Å². The highest BCUT2D eigenvalue weighted by atomic mass is 14.9. The first-order valence-corrected chi connectivity index (χ1v) is 11.0. The minimum Gasteiger partial charge on any atom is -0.239 e. The fourth-order valence-corrected chi connectivity index (χ4v) is 4.19. The summed E-state index contributed by atoms with van der Waals surface area (Å²) in [6.45, 7) is 4.49. The van der Waals surface area contributed by atoms with Gasteiger partial charge in [-0.1, -0.05) is 65.2 Å². The molecule has 0 aromatic carbocycles. The Bertz CT molecular complexity index is 536. The number of hydrogen-bond donors (Lipinski definition) is 0. The topological polar surface area (TPSA) is 49.6 Å². The maximum Gasteiger partial charge on any atom is 0.148 e. The van der Waals surface area contributed by atoms with Gasteiger partial charge in [-0.15, -0.1) is 0 Å². The van der Waals surface area contributed by atoms with Crippen LogP contribution in [0.2, 0.25) is 0 Å². The van der Waals surface area contributed by atoms with Crippen molar-refractivity contribution in [2.75, 3.05) is 0 Å². The number of unbranched alkanes of at least 4 members (excludes halogenated alkanes) is 6. The summed E-state index contributed by atoms with van der Waals surface area (Å²) in [7, 11) is 0. The molecule has 1 saturated carbocycles. The predicted molar refractivity (Wildman–Crippen MR) is 108 cm³/mol. The molecule has 0 saturated heterocycles. The van der Waals surface area contributed by atoms with Crippen molar-refractivity contribution >= 4 is 0 Å². The van der Waals surface area contributed by atoms with E-state index in [-0.39, 0.29) is 0 Å². The summed E-state index contributed by atoms with van der Waals surface area (Å²) in [5.74, 6) is 1.56. The monoisotopic (exact) mass is 355 g/mol. The number of aryl methyl sites for hydroxylation is 1. The Morgan fingerprint density at radius 2 is 1.58 bits per heavy atom. The molecule has 1 aromatic rings. The smallest absolute Gasteiger partial charge is 0.148 e. The van der Waals surface area contributed by atoms with Crippen LogP contribution in [0.25, 0.3) is 0 Å². The minimum atomic E-state index is -0.444. The zero-order valence-electron chi connectivity index (χ0n) is 17.0. The van der Waals surface area contributed by atoms with E-state index in [1.54, 1.807) is 0 Å². The summed E-state index contributed by atoms with van der Waals surface area (Å²) >= 11 is 0. The maximum atomic E-state index is 9.87. The second kappa shape index (κ2) is 11.3. The van der Waals surface area contributed by atoms with E-state index in [0.717, 1.165) is 43.8 Å². The van der Waals surface area contributed by atoms with Crippen molar-refractivity contribution in [1.82, 2.24) is 9.97 Å². The van der Waals surface area contributed by atoms with Crippen molar-refractivity contribution in [3.05, 3.63) is 23.8 Å². The molecule has 0 N–H and O–H groups in total. The number of nitriles is 1. The zero-order valence-corrected chi connectivity index (χ0v) is 17.0. The summed E-state index contributed by atoms with van der Waals surface area (Å²) < 4.78 is 0. The van der Waals surface area contributed by atoms with Gasteiger partial charge in [-0.05, 0) is 50.0 Å². The Hall–Kier alpha value is -1.43. The van der Waals surface area contributed by atoms with E-state index < -0.39 is 5.41 Å². The van der Waals surface area contributed by atoms with Crippen LogP contribution < -0.4 is 0 Å². The van der Waals surface area contributed by atoms with Crippen LogP contribution in [0.5, 0.6) is 0 Å². The van der Waals surface area contributed by atoms with Gasteiger partial charge >= 0.3 is 0 Å². The number of rotatable bonds is 11. The van der Waals surface area contributed by atoms with Gasteiger partial charge in [0.2, 0.25) is 0 Å². The summed E-state index contributed by atoms with van der Waals surface area (Å²) in [4.78, 5) is 9.22. The zero-order chi connectivity index (χ0) is 18.7. The van der Waals surface area contributed by atoms with E-state index in [2.05, 4.69) is 29.9 Å². The highest BCUT2D eigenvalue weighted by molar-refractivity contribution is 5.22. The summed E-state index contributed by atoms with van der Waals surface area (Å²) in [6, 6.07) is 2.59. The second-order valence-corrected chi connectivity index (χ2v) is 8.21. The van der Waals surface area contributed by atoms with Crippen molar-refractivity contribution in [1.29, 1.82) is 5.26 Å². The quantitative estimate of drug-likeness (QED) is 0.424. The van der Waals surface area contributed by atoms with Crippen molar-refractivity contribution in [2.45, 2.75) is 109 Å². The summed E-state index contributed by atoms with van der Waals surface area (Å²) in [6.07, 6.45) is 20.9. The molecule has 1 fully saturated rings. The van der Waals surface area contributed by atoms with Crippen molar-refractivity contribution < 1.29 is 0 Å². The van der Waals surface area contributed by atoms with Gasteiger partial charge in [0.1, 0.15) is 11.2 Å². The largest absolute Gasteiger partial charge is 0.239 e. The molecule has 0 atom stereocenters. The lowest BCUT2D eigenvalue weighted by molar-refractivity contribution is 0.253. The van der Waals surface area contributed by atoms with E-state index in [1.807, 2.05) is 12.4 Å². The molecular formula is C23H37N3. The molecule has 26 heavy (non-hydrogen) atoms. The van der Waals surface area contributed by atoms with Gasteiger partial charge in [-0.3, -0.25) is 0 Å². The first kappa shape index (κ1) is 20.9. The molecule has 0 bridgehead atoms. The molecule has 1 heterocycles. The minimum absolute atomic E-state index is 0.444. The van der Waals surface area contributed by atoms with E-state index >= 15 is 0 Å². The first-order chi connectivity index (χ1) is 12.7. The summed E-state index contributed by atoms with van der Waals surface area (Å²) in [5.41, 5.74) is 0.761. The normalized spacial score (nSPS) is 22.9. The lowest BCUT2D eigenvalue weighted by atomic mass is 9.69. The van der Waals surface area contributed by atoms with Crippen LogP contribution in [0.3, 0.4) is 0 Å². The molecule has 1 aliphatic carbocycles. The molecule has 144 valence electrons. The standard InChI is InChI=1S/C23H37N3/c1-3-5-7-8-10-11-20-13-15-23(19-24,16-14-20)22-25-17-21(18-26-22)12-9-6-4-2/h17-18,20H,3-16H2,1-2H3/t20-,23+. The van der Waals surface area contributed by atoms with Crippen molar-refractivity contribution in [2.24, 2.45) is 5.92 Å². The summed E-state index contributed by atoms with van der Waals surface area (Å²) in [5, 5.41) is 9.87. The first-order valence-electron chi connectivity index (χ1n) is 11.0. The van der Waals surface area contributed by atoms with E-state index in [9.17, 15) is 5.26 Å². The van der Waals surface area contributed by atoms with Gasteiger partial charge in [-0.2, -0.15) is 5.26 Å². The van der Waals surface area contributed by atoms with Crippen molar-refractivity contribution in [3.8, 4) is 6.07 Å². The van der Waals surface area contributed by atoms with Crippen LogP contribution in [-0.4, -0.2) is 9.97 Å². The molecular weight excluding hydrogens is 318 g/mol. The average molecular weight is 356 g/mol. The van der Waals surface area contributed by atoms with E-state index in [1.165, 1.54) is 63.4 Å². The number of nitrogens with zero attached hydrogens (tertiary/aromatic N) is 3. The van der Waals surface area contributed by atoms with Gasteiger partial charge in [-0.25, -0.2) is 9.97 Å². The third-order valence-electron chi connectivity index (χ3n) is 6.09. The lowest BCUT2D eigenvalue weighted by Crippen LogP contribution is -2.32. The third-order valence-corrected chi connectivity index (χ3v) is 6.09. The molecule has 0 aliphatic heterocycles. The van der Waals surface area contributed by atoms with Gasteiger partial charge < -0.3 is 0 Å². The Kier molecular flexibility index (Phi) is 9.09. The van der Waals surface area contributed by atoms with Gasteiger partial charge in [0, 0.05) is 12.4 Å². The van der Waals surface area contributed by atoms with Gasteiger partial charge in [0.15, 0.2) is 0 Å². The second-order valence-electron chi connectivity index (χ2n) is 8.21. The molecule has 0 spiro atoms. The Labute approximate surface area is 160 Å². The molecule has 1 aromatic heterocycles. The van der Waals surface area contributed by atoms with Crippen LogP contribution in [0.4, 0.5) is 0 Å². The fraction of sp³-hybridized carbons (Fsp3) is 0.783. The fourth-order valence-electron chi connectivity index (χ4n) is 4.19. The number of hydrogen-bond acceptors (Lipinski definition) is 3. The number of aromatic nitrogens is 2. The van der Waals surface area contributed by atoms with Crippen LogP contribution in [0.15, 0.2) is 12.4 Å². The van der Waals surface area contributed by atoms with E-state index in [4.69, 9.17) is 0 Å². The molecule has 0 radical (unpaired) electrons. The predicted octanol–water partition coefficient (Wildman–Crippen LogP) is 6.52. The van der Waals surface area contributed by atoms with Gasteiger partial charge in [0.25, 0.3) is 0 Å². The van der Waals surface area contributed by atoms with Crippen LogP contribution in [0, 0.1) is 17.2 Å². The van der Waals surface area contributed by atoms with Crippen LogP contribution >= 0.6 is 0 Å². The van der Waals surface area contributed by atoms with Crippen LogP contribution in [-0.2, 0) is 11.8 Å². The van der Waals surface area contributed by atoms with Crippen LogP contribution in [0.1, 0.15) is 109 Å². The Morgan fingerprint density at radius 3 is 2.19 bits per heavy atom.